The van der Waals surface area contributed by atoms with Gasteiger partial charge in [-0.25, -0.2) is 0 Å². The van der Waals surface area contributed by atoms with Crippen LogP contribution in [-0.4, -0.2) is 48.8 Å². The van der Waals surface area contributed by atoms with Gasteiger partial charge in [-0.2, -0.15) is 0 Å². The average molecular weight is 297 g/mol. The zero-order chi connectivity index (χ0) is 15.8. The van der Waals surface area contributed by atoms with Crippen LogP contribution in [-0.2, 0) is 0 Å². The minimum Gasteiger partial charge on any atom is -0.490 e. The van der Waals surface area contributed by atoms with Crippen LogP contribution < -0.4 is 15.4 Å². The topological polar surface area (TPSA) is 114 Å². The normalized spacial score (nSPS) is 11.8. The minimum atomic E-state index is -0.569. The molecule has 1 aromatic rings. The largest absolute Gasteiger partial charge is 0.490 e. The first-order valence-corrected chi connectivity index (χ1v) is 6.45. The Kier molecular flexibility index (Phi) is 6.57. The van der Waals surface area contributed by atoms with E-state index in [1.54, 1.807) is 6.92 Å². The van der Waals surface area contributed by atoms with E-state index in [4.69, 9.17) is 9.84 Å². The number of methoxy groups -OCH3 is 1. The van der Waals surface area contributed by atoms with Crippen LogP contribution in [0, 0.1) is 10.1 Å². The number of ether oxygens (including phenoxy) is 1. The number of carbonyl (C=O) groups is 1. The van der Waals surface area contributed by atoms with E-state index >= 15 is 0 Å². The van der Waals surface area contributed by atoms with E-state index in [-0.39, 0.29) is 22.9 Å². The summed E-state index contributed by atoms with van der Waals surface area (Å²) in [7, 11) is 1.31. The van der Waals surface area contributed by atoms with Crippen molar-refractivity contribution in [2.75, 3.05) is 26.7 Å². The van der Waals surface area contributed by atoms with Crippen LogP contribution >= 0.6 is 0 Å². The van der Waals surface area contributed by atoms with Crippen LogP contribution in [0.15, 0.2) is 18.2 Å². The Morgan fingerprint density at radius 2 is 2.19 bits per heavy atom. The molecule has 0 aliphatic rings. The van der Waals surface area contributed by atoms with Gasteiger partial charge in [0.15, 0.2) is 5.75 Å². The fourth-order valence-electron chi connectivity index (χ4n) is 1.65. The second-order valence-corrected chi connectivity index (χ2v) is 4.45. The number of hydrogen-bond acceptors (Lipinski definition) is 6. The molecule has 1 aromatic carbocycles. The monoisotopic (exact) mass is 297 g/mol. The van der Waals surface area contributed by atoms with Gasteiger partial charge in [0.1, 0.15) is 0 Å². The maximum Gasteiger partial charge on any atom is 0.310 e. The highest BCUT2D eigenvalue weighted by Crippen LogP contribution is 2.27. The molecule has 3 N–H and O–H groups in total. The summed E-state index contributed by atoms with van der Waals surface area (Å²) in [6, 6.07) is 3.94. The Bertz CT molecular complexity index is 505. The summed E-state index contributed by atoms with van der Waals surface area (Å²) >= 11 is 0. The number of amides is 1. The highest BCUT2D eigenvalue weighted by Gasteiger charge is 2.17. The number of nitrogens with zero attached hydrogens (tertiary/aromatic N) is 1. The number of rotatable bonds is 8. The molecule has 116 valence electrons. The van der Waals surface area contributed by atoms with Gasteiger partial charge in [-0.05, 0) is 13.0 Å². The van der Waals surface area contributed by atoms with Crippen LogP contribution in [0.4, 0.5) is 5.69 Å². The Morgan fingerprint density at radius 3 is 2.76 bits per heavy atom. The van der Waals surface area contributed by atoms with Crippen molar-refractivity contribution in [1.29, 1.82) is 0 Å². The number of nitro benzene ring substituents is 1. The first-order valence-electron chi connectivity index (χ1n) is 6.45. The molecule has 1 atom stereocenters. The number of hydrogen-bond donors (Lipinski definition) is 3. The van der Waals surface area contributed by atoms with Gasteiger partial charge in [0.05, 0.1) is 18.1 Å². The second-order valence-electron chi connectivity index (χ2n) is 4.45. The number of aliphatic hydroxyl groups excluding tert-OH is 1. The van der Waals surface area contributed by atoms with Crippen molar-refractivity contribution in [3.8, 4) is 5.75 Å². The highest BCUT2D eigenvalue weighted by molar-refractivity contribution is 5.95. The van der Waals surface area contributed by atoms with E-state index in [9.17, 15) is 14.9 Å². The summed E-state index contributed by atoms with van der Waals surface area (Å²) < 4.78 is 4.91. The molecule has 0 radical (unpaired) electrons. The van der Waals surface area contributed by atoms with Crippen molar-refractivity contribution in [3.63, 3.8) is 0 Å². The number of carbonyl (C=O) groups excluding carboxylic acids is 1. The maximum atomic E-state index is 11.9. The Hall–Kier alpha value is -2.19. The van der Waals surface area contributed by atoms with Crippen LogP contribution in [0.2, 0.25) is 0 Å². The van der Waals surface area contributed by atoms with E-state index in [1.807, 2.05) is 0 Å². The fourth-order valence-corrected chi connectivity index (χ4v) is 1.65. The number of nitrogens with one attached hydrogen (secondary N) is 2. The van der Waals surface area contributed by atoms with Crippen molar-refractivity contribution in [2.24, 2.45) is 0 Å². The first kappa shape index (κ1) is 16.9. The molecule has 1 rings (SSSR count). The smallest absolute Gasteiger partial charge is 0.310 e. The summed E-state index contributed by atoms with van der Waals surface area (Å²) in [4.78, 5) is 22.1. The minimum absolute atomic E-state index is 0.0416. The summed E-state index contributed by atoms with van der Waals surface area (Å²) in [5.41, 5.74) is 0.0978. The fraction of sp³-hybridized carbons (Fsp3) is 0.462. The lowest BCUT2D eigenvalue weighted by Crippen LogP contribution is -2.34. The third kappa shape index (κ3) is 5.36. The highest BCUT2D eigenvalue weighted by atomic mass is 16.6. The van der Waals surface area contributed by atoms with E-state index in [2.05, 4.69) is 10.6 Å². The molecule has 8 nitrogen and oxygen atoms in total. The molecular formula is C13H19N3O5. The lowest BCUT2D eigenvalue weighted by Gasteiger charge is -2.09. The standard InChI is InChI=1S/C13H19N3O5/c1-9(17)8-14-5-6-15-13(18)10-3-4-11(16(19)20)12(7-10)21-2/h3-4,7,9,14,17H,5-6,8H2,1-2H3,(H,15,18). The van der Waals surface area contributed by atoms with Gasteiger partial charge in [0.25, 0.3) is 5.91 Å². The lowest BCUT2D eigenvalue weighted by molar-refractivity contribution is -0.385. The summed E-state index contributed by atoms with van der Waals surface area (Å²) in [6.07, 6.45) is -0.445. The van der Waals surface area contributed by atoms with Gasteiger partial charge in [0, 0.05) is 37.3 Å². The maximum absolute atomic E-state index is 11.9. The molecule has 0 aliphatic carbocycles. The first-order chi connectivity index (χ1) is 9.95. The van der Waals surface area contributed by atoms with E-state index in [0.29, 0.717) is 19.6 Å². The molecule has 0 spiro atoms. The molecular weight excluding hydrogens is 278 g/mol. The Balaban J connectivity index is 2.56. The summed E-state index contributed by atoms with van der Waals surface area (Å²) in [6.45, 7) is 3.00. The number of aliphatic hydroxyl groups is 1. The molecule has 0 bridgehead atoms. The predicted octanol–water partition coefficient (Wildman–Crippen LogP) is 0.304. The van der Waals surface area contributed by atoms with Gasteiger partial charge in [-0.3, -0.25) is 14.9 Å². The van der Waals surface area contributed by atoms with Crippen LogP contribution in [0.3, 0.4) is 0 Å². The Morgan fingerprint density at radius 1 is 1.48 bits per heavy atom. The van der Waals surface area contributed by atoms with Crippen molar-refractivity contribution >= 4 is 11.6 Å². The van der Waals surface area contributed by atoms with Crippen molar-refractivity contribution < 1.29 is 19.6 Å². The van der Waals surface area contributed by atoms with Crippen LogP contribution in [0.1, 0.15) is 17.3 Å². The molecule has 0 heterocycles. The molecule has 0 aromatic heterocycles. The average Bonchev–Trinajstić information content (AvgIpc) is 2.45. The van der Waals surface area contributed by atoms with Crippen LogP contribution in [0.5, 0.6) is 5.75 Å². The SMILES string of the molecule is COc1cc(C(=O)NCCNCC(C)O)ccc1[N+](=O)[O-]. The molecule has 1 unspecified atom stereocenters. The third-order valence-corrected chi connectivity index (χ3v) is 2.67. The van der Waals surface area contributed by atoms with Gasteiger partial charge in [-0.1, -0.05) is 0 Å². The van der Waals surface area contributed by atoms with Crippen molar-refractivity contribution in [2.45, 2.75) is 13.0 Å². The van der Waals surface area contributed by atoms with E-state index in [1.165, 1.54) is 25.3 Å². The third-order valence-electron chi connectivity index (χ3n) is 2.67. The summed E-state index contributed by atoms with van der Waals surface area (Å²) in [5.74, 6) is -0.304. The predicted molar refractivity (Wildman–Crippen MR) is 76.5 cm³/mol. The zero-order valence-electron chi connectivity index (χ0n) is 12.0. The summed E-state index contributed by atoms with van der Waals surface area (Å²) in [5, 5.41) is 25.4. The van der Waals surface area contributed by atoms with Gasteiger partial charge in [-0.15, -0.1) is 0 Å². The quantitative estimate of drug-likeness (QED) is 0.361. The molecule has 1 amide bonds. The zero-order valence-corrected chi connectivity index (χ0v) is 12.0. The lowest BCUT2D eigenvalue weighted by atomic mass is 10.1. The molecule has 0 saturated carbocycles. The van der Waals surface area contributed by atoms with Gasteiger partial charge in [0.2, 0.25) is 0 Å². The molecule has 0 fully saturated rings. The number of nitro groups is 1. The van der Waals surface area contributed by atoms with Gasteiger partial charge < -0.3 is 20.5 Å². The van der Waals surface area contributed by atoms with Crippen molar-refractivity contribution in [3.05, 3.63) is 33.9 Å². The van der Waals surface area contributed by atoms with Crippen LogP contribution in [0.25, 0.3) is 0 Å². The molecule has 21 heavy (non-hydrogen) atoms. The molecule has 0 saturated heterocycles. The van der Waals surface area contributed by atoms with Gasteiger partial charge >= 0.3 is 5.69 Å². The van der Waals surface area contributed by atoms with E-state index in [0.717, 1.165) is 0 Å². The number of benzene rings is 1. The van der Waals surface area contributed by atoms with E-state index < -0.39 is 11.0 Å². The van der Waals surface area contributed by atoms with Crippen molar-refractivity contribution in [1.82, 2.24) is 10.6 Å². The Labute approximate surface area is 122 Å². The molecule has 8 heteroatoms. The molecule has 0 aliphatic heterocycles. The second kappa shape index (κ2) is 8.18.